The van der Waals surface area contributed by atoms with E-state index in [2.05, 4.69) is 50.6 Å². The van der Waals surface area contributed by atoms with E-state index in [-0.39, 0.29) is 24.7 Å². The van der Waals surface area contributed by atoms with E-state index in [0.29, 0.717) is 16.7 Å². The lowest BCUT2D eigenvalue weighted by molar-refractivity contribution is -0.121. The van der Waals surface area contributed by atoms with Crippen molar-refractivity contribution in [3.8, 4) is 0 Å². The van der Waals surface area contributed by atoms with Gasteiger partial charge < -0.3 is 10.6 Å². The average molecular weight is 411 g/mol. The maximum absolute atomic E-state index is 11.9. The average Bonchev–Trinajstić information content (AvgIpc) is 2.94. The molecule has 0 aliphatic rings. The molecule has 1 aromatic carbocycles. The lowest BCUT2D eigenvalue weighted by Crippen LogP contribution is -2.17. The van der Waals surface area contributed by atoms with Crippen LogP contribution in [0.15, 0.2) is 28.7 Å². The molecule has 0 unspecified atom stereocenters. The molecule has 0 saturated heterocycles. The predicted molar refractivity (Wildman–Crippen MR) is 99.1 cm³/mol. The molecule has 2 aromatic rings. The highest BCUT2D eigenvalue weighted by atomic mass is 79.9. The van der Waals surface area contributed by atoms with Crippen LogP contribution in [0.25, 0.3) is 0 Å². The van der Waals surface area contributed by atoms with E-state index in [9.17, 15) is 9.59 Å². The number of nitrogens with one attached hydrogen (secondary N) is 2. The Hall–Kier alpha value is -1.80. The van der Waals surface area contributed by atoms with Gasteiger partial charge in [0.2, 0.25) is 16.9 Å². The Bertz CT molecular complexity index is 700. The number of anilines is 2. The number of carbonyl (C=O) groups is 2. The van der Waals surface area contributed by atoms with Gasteiger partial charge in [0.1, 0.15) is 5.01 Å². The van der Waals surface area contributed by atoms with Crippen molar-refractivity contribution in [1.29, 1.82) is 0 Å². The van der Waals surface area contributed by atoms with Crippen LogP contribution in [-0.2, 0) is 16.0 Å². The molecule has 1 aromatic heterocycles. The molecular formula is C16H19BrN4O2S. The molecule has 2 N–H and O–H groups in total. The lowest BCUT2D eigenvalue weighted by Gasteiger charge is -2.05. The van der Waals surface area contributed by atoms with E-state index < -0.39 is 0 Å². The third-order valence-electron chi connectivity index (χ3n) is 3.00. The maximum atomic E-state index is 11.9. The minimum Gasteiger partial charge on any atom is -0.326 e. The Morgan fingerprint density at radius 3 is 2.33 bits per heavy atom. The van der Waals surface area contributed by atoms with Crippen LogP contribution in [0.3, 0.4) is 0 Å². The van der Waals surface area contributed by atoms with Gasteiger partial charge in [-0.25, -0.2) is 0 Å². The number of carbonyl (C=O) groups excluding carboxylic acids is 2. The molecule has 0 aliphatic carbocycles. The summed E-state index contributed by atoms with van der Waals surface area (Å²) in [5.41, 5.74) is 0.700. The Balaban J connectivity index is 1.75. The maximum Gasteiger partial charge on any atom is 0.226 e. The second kappa shape index (κ2) is 8.89. The molecule has 128 valence electrons. The molecule has 0 spiro atoms. The van der Waals surface area contributed by atoms with E-state index in [0.717, 1.165) is 15.9 Å². The zero-order valence-corrected chi connectivity index (χ0v) is 15.9. The Labute approximate surface area is 153 Å². The van der Waals surface area contributed by atoms with E-state index in [4.69, 9.17) is 0 Å². The summed E-state index contributed by atoms with van der Waals surface area (Å²) in [4.78, 5) is 23.7. The first kappa shape index (κ1) is 18.5. The summed E-state index contributed by atoms with van der Waals surface area (Å²) in [5.74, 6) is 0.0437. The molecule has 0 bridgehead atoms. The van der Waals surface area contributed by atoms with Crippen LogP contribution in [0.1, 0.15) is 31.7 Å². The zero-order chi connectivity index (χ0) is 17.5. The number of hydrogen-bond acceptors (Lipinski definition) is 5. The molecule has 0 radical (unpaired) electrons. The Kier molecular flexibility index (Phi) is 6.86. The molecule has 24 heavy (non-hydrogen) atoms. The van der Waals surface area contributed by atoms with E-state index in [1.807, 2.05) is 12.1 Å². The molecule has 0 aliphatic heterocycles. The number of halogens is 1. The minimum absolute atomic E-state index is 0.0987. The van der Waals surface area contributed by atoms with Crippen molar-refractivity contribution < 1.29 is 9.59 Å². The molecular weight excluding hydrogens is 392 g/mol. The van der Waals surface area contributed by atoms with Crippen LogP contribution >= 0.6 is 27.3 Å². The highest BCUT2D eigenvalue weighted by Crippen LogP contribution is 2.18. The summed E-state index contributed by atoms with van der Waals surface area (Å²) < 4.78 is 0.939. The SMILES string of the molecule is CC(C)Cc1nnc(NC(=O)CCC(=O)Nc2ccc(Br)cc2)s1. The summed E-state index contributed by atoms with van der Waals surface area (Å²) in [6, 6.07) is 7.26. The number of amides is 2. The lowest BCUT2D eigenvalue weighted by atomic mass is 10.1. The summed E-state index contributed by atoms with van der Waals surface area (Å²) >= 11 is 4.70. The van der Waals surface area contributed by atoms with Crippen molar-refractivity contribution in [2.24, 2.45) is 5.92 Å². The van der Waals surface area contributed by atoms with Gasteiger partial charge in [0.15, 0.2) is 0 Å². The fourth-order valence-electron chi connectivity index (χ4n) is 1.90. The molecule has 0 fully saturated rings. The van der Waals surface area contributed by atoms with Gasteiger partial charge >= 0.3 is 0 Å². The first-order valence-corrected chi connectivity index (χ1v) is 9.21. The van der Waals surface area contributed by atoms with E-state index >= 15 is 0 Å². The third kappa shape index (κ3) is 6.37. The quantitative estimate of drug-likeness (QED) is 0.725. The molecule has 0 atom stereocenters. The largest absolute Gasteiger partial charge is 0.326 e. The van der Waals surface area contributed by atoms with Gasteiger partial charge in [0.25, 0.3) is 0 Å². The molecule has 6 nitrogen and oxygen atoms in total. The van der Waals surface area contributed by atoms with Crippen LogP contribution in [0.5, 0.6) is 0 Å². The van der Waals surface area contributed by atoms with Crippen LogP contribution in [0, 0.1) is 5.92 Å². The molecule has 1 heterocycles. The Morgan fingerprint density at radius 1 is 1.08 bits per heavy atom. The van der Waals surface area contributed by atoms with Crippen LogP contribution in [0.2, 0.25) is 0 Å². The predicted octanol–water partition coefficient (Wildman–Crippen LogP) is 3.86. The van der Waals surface area contributed by atoms with Crippen molar-refractivity contribution in [2.45, 2.75) is 33.1 Å². The summed E-state index contributed by atoms with van der Waals surface area (Å²) in [5, 5.41) is 14.8. The monoisotopic (exact) mass is 410 g/mol. The zero-order valence-electron chi connectivity index (χ0n) is 13.5. The third-order valence-corrected chi connectivity index (χ3v) is 4.39. The number of nitrogens with zero attached hydrogens (tertiary/aromatic N) is 2. The van der Waals surface area contributed by atoms with Crippen LogP contribution < -0.4 is 10.6 Å². The van der Waals surface area contributed by atoms with Gasteiger partial charge in [-0.1, -0.05) is 41.1 Å². The van der Waals surface area contributed by atoms with Crippen LogP contribution in [-0.4, -0.2) is 22.0 Å². The fourth-order valence-corrected chi connectivity index (χ4v) is 3.13. The van der Waals surface area contributed by atoms with Crippen molar-refractivity contribution in [3.63, 3.8) is 0 Å². The highest BCUT2D eigenvalue weighted by Gasteiger charge is 2.11. The molecule has 2 amide bonds. The van der Waals surface area contributed by atoms with Crippen molar-refractivity contribution in [2.75, 3.05) is 10.6 Å². The van der Waals surface area contributed by atoms with Gasteiger partial charge in [-0.3, -0.25) is 9.59 Å². The first-order chi connectivity index (χ1) is 11.4. The summed E-state index contributed by atoms with van der Waals surface area (Å²) in [7, 11) is 0. The molecule has 2 rings (SSSR count). The molecule has 8 heteroatoms. The van der Waals surface area contributed by atoms with Crippen molar-refractivity contribution in [1.82, 2.24) is 10.2 Å². The second-order valence-electron chi connectivity index (χ2n) is 5.70. The summed E-state index contributed by atoms with van der Waals surface area (Å²) in [6.07, 6.45) is 1.05. The standard InChI is InChI=1S/C16H19BrN4O2S/c1-10(2)9-15-20-21-16(24-15)19-14(23)8-7-13(22)18-12-5-3-11(17)4-6-12/h3-6,10H,7-9H2,1-2H3,(H,18,22)(H,19,21,23). The number of benzene rings is 1. The van der Waals surface area contributed by atoms with E-state index in [1.54, 1.807) is 12.1 Å². The first-order valence-electron chi connectivity index (χ1n) is 7.60. The molecule has 0 saturated carbocycles. The smallest absolute Gasteiger partial charge is 0.226 e. The second-order valence-corrected chi connectivity index (χ2v) is 7.68. The Morgan fingerprint density at radius 2 is 1.71 bits per heavy atom. The van der Waals surface area contributed by atoms with Gasteiger partial charge in [0.05, 0.1) is 0 Å². The number of rotatable bonds is 7. The highest BCUT2D eigenvalue weighted by molar-refractivity contribution is 9.10. The van der Waals surface area contributed by atoms with Gasteiger partial charge in [-0.15, -0.1) is 10.2 Å². The van der Waals surface area contributed by atoms with Gasteiger partial charge in [-0.2, -0.15) is 0 Å². The van der Waals surface area contributed by atoms with Crippen molar-refractivity contribution >= 4 is 49.9 Å². The normalized spacial score (nSPS) is 10.7. The number of aromatic nitrogens is 2. The number of hydrogen-bond donors (Lipinski definition) is 2. The van der Waals surface area contributed by atoms with Crippen molar-refractivity contribution in [3.05, 3.63) is 33.7 Å². The van der Waals surface area contributed by atoms with E-state index in [1.165, 1.54) is 11.3 Å². The van der Waals surface area contributed by atoms with Gasteiger partial charge in [-0.05, 0) is 30.2 Å². The van der Waals surface area contributed by atoms with Crippen LogP contribution in [0.4, 0.5) is 10.8 Å². The summed E-state index contributed by atoms with van der Waals surface area (Å²) in [6.45, 7) is 4.20. The fraction of sp³-hybridized carbons (Fsp3) is 0.375. The topological polar surface area (TPSA) is 84.0 Å². The minimum atomic E-state index is -0.242. The van der Waals surface area contributed by atoms with Gasteiger partial charge in [0, 0.05) is 29.4 Å².